The lowest BCUT2D eigenvalue weighted by molar-refractivity contribution is 0.0608. The van der Waals surface area contributed by atoms with Crippen molar-refractivity contribution >= 4 is 15.6 Å². The van der Waals surface area contributed by atoms with Crippen molar-refractivity contribution in [2.75, 3.05) is 18.1 Å². The number of aryl methyl sites for hydroxylation is 1. The molecule has 2 heterocycles. The van der Waals surface area contributed by atoms with E-state index in [9.17, 15) is 9.00 Å². The SMILES string of the molecule is Cc1cc(Oc2ccccc2)ccc1C(=O)N1CCCC12CCCS(=N)(=O)C2. The van der Waals surface area contributed by atoms with Gasteiger partial charge >= 0.3 is 0 Å². The van der Waals surface area contributed by atoms with Crippen LogP contribution in [0, 0.1) is 11.7 Å². The molecule has 28 heavy (non-hydrogen) atoms. The van der Waals surface area contributed by atoms with Crippen LogP contribution in [0.4, 0.5) is 0 Å². The second-order valence-electron chi connectivity index (χ2n) is 7.94. The van der Waals surface area contributed by atoms with Gasteiger partial charge in [0.25, 0.3) is 5.91 Å². The Morgan fingerprint density at radius 2 is 1.86 bits per heavy atom. The predicted molar refractivity (Wildman–Crippen MR) is 111 cm³/mol. The molecule has 2 aliphatic rings. The van der Waals surface area contributed by atoms with Crippen molar-refractivity contribution in [1.82, 2.24) is 4.90 Å². The van der Waals surface area contributed by atoms with E-state index in [0.29, 0.717) is 29.4 Å². The van der Waals surface area contributed by atoms with E-state index in [1.165, 1.54) is 0 Å². The lowest BCUT2D eigenvalue weighted by Gasteiger charge is -2.42. The number of ether oxygens (including phenoxy) is 1. The first-order valence-electron chi connectivity index (χ1n) is 9.78. The number of nitrogens with zero attached hydrogens (tertiary/aromatic N) is 1. The highest BCUT2D eigenvalue weighted by Crippen LogP contribution is 2.39. The van der Waals surface area contributed by atoms with E-state index in [2.05, 4.69) is 0 Å². The summed E-state index contributed by atoms with van der Waals surface area (Å²) in [5.41, 5.74) is 1.12. The molecule has 1 N–H and O–H groups in total. The zero-order valence-corrected chi connectivity index (χ0v) is 17.0. The average molecular weight is 399 g/mol. The second-order valence-corrected chi connectivity index (χ2v) is 10.3. The summed E-state index contributed by atoms with van der Waals surface area (Å²) in [7, 11) is -2.59. The molecule has 1 amide bonds. The highest BCUT2D eigenvalue weighted by atomic mass is 32.2. The summed E-state index contributed by atoms with van der Waals surface area (Å²) in [5, 5.41) is 0. The van der Waals surface area contributed by atoms with Gasteiger partial charge in [0.15, 0.2) is 0 Å². The molecule has 2 unspecified atom stereocenters. The van der Waals surface area contributed by atoms with Crippen LogP contribution in [0.5, 0.6) is 11.5 Å². The van der Waals surface area contributed by atoms with E-state index in [1.807, 2.05) is 60.4 Å². The molecule has 2 aromatic carbocycles. The number of hydrogen-bond acceptors (Lipinski definition) is 4. The van der Waals surface area contributed by atoms with E-state index < -0.39 is 15.3 Å². The highest BCUT2D eigenvalue weighted by molar-refractivity contribution is 7.92. The molecule has 0 aromatic heterocycles. The molecule has 148 valence electrons. The Labute approximate surface area is 166 Å². The van der Waals surface area contributed by atoms with Gasteiger partial charge < -0.3 is 9.64 Å². The number of likely N-dealkylation sites (tertiary alicyclic amines) is 1. The molecule has 2 aliphatic heterocycles. The van der Waals surface area contributed by atoms with Crippen LogP contribution in [0.25, 0.3) is 0 Å². The van der Waals surface area contributed by atoms with Crippen molar-refractivity contribution < 1.29 is 13.7 Å². The summed E-state index contributed by atoms with van der Waals surface area (Å²) >= 11 is 0. The van der Waals surface area contributed by atoms with E-state index in [4.69, 9.17) is 9.52 Å². The molecule has 4 rings (SSSR count). The Bertz CT molecular complexity index is 988. The van der Waals surface area contributed by atoms with Gasteiger partial charge in [0.05, 0.1) is 11.3 Å². The topological polar surface area (TPSA) is 70.5 Å². The van der Waals surface area contributed by atoms with Crippen molar-refractivity contribution in [2.24, 2.45) is 0 Å². The molecule has 0 radical (unpaired) electrons. The minimum atomic E-state index is -2.59. The Balaban J connectivity index is 1.57. The van der Waals surface area contributed by atoms with Crippen LogP contribution in [0.2, 0.25) is 0 Å². The quantitative estimate of drug-likeness (QED) is 0.821. The maximum atomic E-state index is 13.4. The molecule has 2 fully saturated rings. The van der Waals surface area contributed by atoms with E-state index in [0.717, 1.165) is 37.0 Å². The van der Waals surface area contributed by atoms with E-state index in [-0.39, 0.29) is 5.91 Å². The van der Waals surface area contributed by atoms with Crippen LogP contribution < -0.4 is 4.74 Å². The number of carbonyl (C=O) groups is 1. The monoisotopic (exact) mass is 398 g/mol. The van der Waals surface area contributed by atoms with Gasteiger partial charge in [0.1, 0.15) is 11.5 Å². The molecule has 1 spiro atoms. The summed E-state index contributed by atoms with van der Waals surface area (Å²) in [6.07, 6.45) is 3.37. The van der Waals surface area contributed by atoms with Gasteiger partial charge in [-0.05, 0) is 68.5 Å². The summed E-state index contributed by atoms with van der Waals surface area (Å²) < 4.78 is 26.4. The number of benzene rings is 2. The van der Waals surface area contributed by atoms with Crippen molar-refractivity contribution in [3.63, 3.8) is 0 Å². The smallest absolute Gasteiger partial charge is 0.254 e. The van der Waals surface area contributed by atoms with Gasteiger partial charge in [-0.25, -0.2) is 4.21 Å². The number of nitrogens with one attached hydrogen (secondary N) is 1. The first kappa shape index (κ1) is 19.0. The Kier molecular flexibility index (Phi) is 4.91. The van der Waals surface area contributed by atoms with Crippen molar-refractivity contribution in [3.05, 3.63) is 59.7 Å². The van der Waals surface area contributed by atoms with Gasteiger partial charge in [0.2, 0.25) is 0 Å². The van der Waals surface area contributed by atoms with Gasteiger partial charge in [0, 0.05) is 27.6 Å². The molecule has 2 saturated heterocycles. The maximum absolute atomic E-state index is 13.4. The van der Waals surface area contributed by atoms with Crippen LogP contribution in [0.1, 0.15) is 41.6 Å². The molecular formula is C22H26N2O3S. The van der Waals surface area contributed by atoms with Crippen molar-refractivity contribution in [1.29, 1.82) is 4.78 Å². The molecule has 0 aliphatic carbocycles. The van der Waals surface area contributed by atoms with E-state index in [1.54, 1.807) is 0 Å². The zero-order valence-electron chi connectivity index (χ0n) is 16.1. The summed E-state index contributed by atoms with van der Waals surface area (Å²) in [6.45, 7) is 2.60. The summed E-state index contributed by atoms with van der Waals surface area (Å²) in [5.74, 6) is 2.22. The third kappa shape index (κ3) is 3.65. The molecule has 2 aromatic rings. The van der Waals surface area contributed by atoms with Crippen LogP contribution in [0.3, 0.4) is 0 Å². The first-order chi connectivity index (χ1) is 13.4. The minimum Gasteiger partial charge on any atom is -0.457 e. The Morgan fingerprint density at radius 3 is 2.57 bits per heavy atom. The van der Waals surface area contributed by atoms with Crippen LogP contribution in [-0.4, -0.2) is 38.6 Å². The largest absolute Gasteiger partial charge is 0.457 e. The standard InChI is InChI=1S/C22H26N2O3S/c1-17-15-19(27-18-7-3-2-4-8-18)9-10-20(17)21(25)24-13-5-11-22(24)12-6-14-28(23,26)16-22/h2-4,7-10,15,23H,5-6,11-14,16H2,1H3. The Hall–Kier alpha value is -2.34. The normalized spacial score (nSPS) is 27.1. The van der Waals surface area contributed by atoms with Crippen molar-refractivity contribution in [2.45, 2.75) is 38.1 Å². The number of rotatable bonds is 3. The molecule has 6 heteroatoms. The maximum Gasteiger partial charge on any atom is 0.254 e. The van der Waals surface area contributed by atoms with Crippen LogP contribution in [-0.2, 0) is 9.73 Å². The van der Waals surface area contributed by atoms with Crippen molar-refractivity contribution in [3.8, 4) is 11.5 Å². The number of para-hydroxylation sites is 1. The number of carbonyl (C=O) groups excluding carboxylic acids is 1. The number of hydrogen-bond donors (Lipinski definition) is 1. The fourth-order valence-electron chi connectivity index (χ4n) is 4.59. The van der Waals surface area contributed by atoms with Crippen LogP contribution >= 0.6 is 0 Å². The molecule has 5 nitrogen and oxygen atoms in total. The molecular weight excluding hydrogens is 372 g/mol. The molecule has 0 bridgehead atoms. The fourth-order valence-corrected chi connectivity index (χ4v) is 6.66. The lowest BCUT2D eigenvalue weighted by atomic mass is 9.91. The summed E-state index contributed by atoms with van der Waals surface area (Å²) in [4.78, 5) is 15.3. The van der Waals surface area contributed by atoms with Gasteiger partial charge in [-0.15, -0.1) is 0 Å². The first-order valence-corrected chi connectivity index (χ1v) is 11.7. The average Bonchev–Trinajstić information content (AvgIpc) is 3.03. The second kappa shape index (κ2) is 7.24. The van der Waals surface area contributed by atoms with E-state index >= 15 is 0 Å². The predicted octanol–water partition coefficient (Wildman–Crippen LogP) is 4.60. The third-order valence-electron chi connectivity index (χ3n) is 5.87. The van der Waals surface area contributed by atoms with Gasteiger partial charge in [-0.1, -0.05) is 18.2 Å². The van der Waals surface area contributed by atoms with Gasteiger partial charge in [-0.3, -0.25) is 9.57 Å². The highest BCUT2D eigenvalue weighted by Gasteiger charge is 2.47. The number of amides is 1. The fraction of sp³-hybridized carbons (Fsp3) is 0.409. The summed E-state index contributed by atoms with van der Waals surface area (Å²) in [6, 6.07) is 15.1. The zero-order chi connectivity index (χ0) is 19.8. The molecule has 2 atom stereocenters. The minimum absolute atomic E-state index is 0.0154. The Morgan fingerprint density at radius 1 is 1.11 bits per heavy atom. The van der Waals surface area contributed by atoms with Gasteiger partial charge in [-0.2, -0.15) is 0 Å². The lowest BCUT2D eigenvalue weighted by Crippen LogP contribution is -2.54. The third-order valence-corrected chi connectivity index (χ3v) is 7.82. The van der Waals surface area contributed by atoms with Crippen LogP contribution in [0.15, 0.2) is 48.5 Å². The molecule has 0 saturated carbocycles.